The van der Waals surface area contributed by atoms with Gasteiger partial charge in [-0.1, -0.05) is 0 Å². The number of ether oxygens (including phenoxy) is 2. The number of nitrogens with one attached hydrogen (secondary N) is 2. The van der Waals surface area contributed by atoms with Crippen LogP contribution in [-0.2, 0) is 27.2 Å². The minimum Gasteiger partial charge on any atom is -0.461 e. The lowest BCUT2D eigenvalue weighted by atomic mass is 10.1. The molecule has 6 heteroatoms. The van der Waals surface area contributed by atoms with Crippen LogP contribution in [0.4, 0.5) is 0 Å². The molecule has 0 saturated carbocycles. The fourth-order valence-corrected chi connectivity index (χ4v) is 2.38. The van der Waals surface area contributed by atoms with Crippen LogP contribution in [0, 0.1) is 0 Å². The maximum Gasteiger partial charge on any atom is 0.323 e. The van der Waals surface area contributed by atoms with Crippen molar-refractivity contribution < 1.29 is 14.3 Å². The normalized spacial score (nSPS) is 24.6. The van der Waals surface area contributed by atoms with Gasteiger partial charge in [-0.3, -0.25) is 10.1 Å². The average molecular weight is 251 g/mol. The fourth-order valence-electron chi connectivity index (χ4n) is 2.38. The van der Waals surface area contributed by atoms with Crippen molar-refractivity contribution in [3.8, 4) is 0 Å². The molecule has 0 spiro atoms. The van der Waals surface area contributed by atoms with Gasteiger partial charge in [0.2, 0.25) is 0 Å². The van der Waals surface area contributed by atoms with Crippen molar-refractivity contribution in [3.63, 3.8) is 0 Å². The molecule has 2 aliphatic rings. The summed E-state index contributed by atoms with van der Waals surface area (Å²) in [5.74, 6) is -0.171. The van der Waals surface area contributed by atoms with Crippen molar-refractivity contribution in [1.29, 1.82) is 0 Å². The molecule has 2 aliphatic heterocycles. The van der Waals surface area contributed by atoms with E-state index in [1.54, 1.807) is 6.33 Å². The molecular weight excluding hydrogens is 234 g/mol. The highest BCUT2D eigenvalue weighted by Crippen LogP contribution is 2.16. The minimum atomic E-state index is -0.274. The largest absolute Gasteiger partial charge is 0.461 e. The Morgan fingerprint density at radius 2 is 2.28 bits per heavy atom. The number of fused-ring (bicyclic) bond motifs is 1. The number of imidazole rings is 1. The molecule has 0 radical (unpaired) electrons. The van der Waals surface area contributed by atoms with E-state index < -0.39 is 0 Å². The minimum absolute atomic E-state index is 0.00799. The standard InChI is InChI=1S/C12H17N3O3/c16-12(18-8-1-3-17-4-2-8)10-5-9-11(6-13-10)15-7-14-9/h7-8,10,13H,1-6H2,(H,14,15). The van der Waals surface area contributed by atoms with Gasteiger partial charge in [-0.05, 0) is 0 Å². The van der Waals surface area contributed by atoms with Gasteiger partial charge in [0.25, 0.3) is 0 Å². The number of carbonyl (C=O) groups excluding carboxylic acids is 1. The summed E-state index contributed by atoms with van der Waals surface area (Å²) in [5, 5.41) is 3.17. The Morgan fingerprint density at radius 3 is 3.11 bits per heavy atom. The predicted molar refractivity (Wildman–Crippen MR) is 62.9 cm³/mol. The molecular formula is C12H17N3O3. The molecule has 1 saturated heterocycles. The van der Waals surface area contributed by atoms with E-state index in [1.165, 1.54) is 0 Å². The van der Waals surface area contributed by atoms with Crippen LogP contribution in [0.15, 0.2) is 6.33 Å². The molecule has 1 unspecified atom stereocenters. The highest BCUT2D eigenvalue weighted by atomic mass is 16.6. The van der Waals surface area contributed by atoms with Gasteiger partial charge in [0.15, 0.2) is 0 Å². The van der Waals surface area contributed by atoms with Crippen molar-refractivity contribution in [2.45, 2.75) is 38.0 Å². The van der Waals surface area contributed by atoms with Gasteiger partial charge in [0, 0.05) is 25.8 Å². The molecule has 0 amide bonds. The fraction of sp³-hybridized carbons (Fsp3) is 0.667. The summed E-state index contributed by atoms with van der Waals surface area (Å²) < 4.78 is 10.7. The Bertz CT molecular complexity index is 426. The van der Waals surface area contributed by atoms with Crippen LogP contribution in [0.3, 0.4) is 0 Å². The first-order chi connectivity index (χ1) is 8.83. The van der Waals surface area contributed by atoms with Crippen molar-refractivity contribution >= 4 is 5.97 Å². The van der Waals surface area contributed by atoms with E-state index in [-0.39, 0.29) is 18.1 Å². The van der Waals surface area contributed by atoms with Crippen molar-refractivity contribution in [2.75, 3.05) is 13.2 Å². The zero-order chi connectivity index (χ0) is 12.4. The summed E-state index contributed by atoms with van der Waals surface area (Å²) in [7, 11) is 0. The molecule has 3 heterocycles. The van der Waals surface area contributed by atoms with E-state index in [0.29, 0.717) is 26.2 Å². The quantitative estimate of drug-likeness (QED) is 0.732. The first-order valence-electron chi connectivity index (χ1n) is 6.35. The maximum atomic E-state index is 12.0. The Kier molecular flexibility index (Phi) is 3.29. The first-order valence-corrected chi connectivity index (χ1v) is 6.35. The van der Waals surface area contributed by atoms with E-state index in [4.69, 9.17) is 9.47 Å². The average Bonchev–Trinajstić information content (AvgIpc) is 2.87. The molecule has 0 aliphatic carbocycles. The number of nitrogens with zero attached hydrogens (tertiary/aromatic N) is 1. The van der Waals surface area contributed by atoms with Crippen LogP contribution in [0.1, 0.15) is 24.2 Å². The summed E-state index contributed by atoms with van der Waals surface area (Å²) >= 11 is 0. The lowest BCUT2D eigenvalue weighted by Gasteiger charge is -2.26. The van der Waals surface area contributed by atoms with Crippen molar-refractivity contribution in [2.24, 2.45) is 0 Å². The summed E-state index contributed by atoms with van der Waals surface area (Å²) in [6.07, 6.45) is 3.87. The van der Waals surface area contributed by atoms with Gasteiger partial charge < -0.3 is 14.5 Å². The van der Waals surface area contributed by atoms with Crippen molar-refractivity contribution in [3.05, 3.63) is 17.7 Å². The lowest BCUT2D eigenvalue weighted by molar-refractivity contribution is -0.155. The predicted octanol–water partition coefficient (Wildman–Crippen LogP) is 0.146. The van der Waals surface area contributed by atoms with Gasteiger partial charge in [0.05, 0.1) is 30.9 Å². The molecule has 3 rings (SSSR count). The number of aromatic nitrogens is 2. The number of aromatic amines is 1. The number of hydrogen-bond acceptors (Lipinski definition) is 5. The molecule has 6 nitrogen and oxygen atoms in total. The molecule has 1 atom stereocenters. The molecule has 1 aromatic heterocycles. The molecule has 0 aromatic carbocycles. The molecule has 18 heavy (non-hydrogen) atoms. The van der Waals surface area contributed by atoms with Crippen LogP contribution in [0.2, 0.25) is 0 Å². The third-order valence-corrected chi connectivity index (χ3v) is 3.47. The second kappa shape index (κ2) is 5.07. The highest BCUT2D eigenvalue weighted by Gasteiger charge is 2.29. The third kappa shape index (κ3) is 2.39. The Balaban J connectivity index is 1.57. The molecule has 2 N–H and O–H groups in total. The SMILES string of the molecule is O=C(OC1CCOCC1)C1Cc2nc[nH]c2CN1. The molecule has 98 valence electrons. The molecule has 1 aromatic rings. The summed E-state index contributed by atoms with van der Waals surface area (Å²) in [5.41, 5.74) is 2.02. The summed E-state index contributed by atoms with van der Waals surface area (Å²) in [6.45, 7) is 2.00. The zero-order valence-electron chi connectivity index (χ0n) is 10.1. The topological polar surface area (TPSA) is 76.2 Å². The van der Waals surface area contributed by atoms with Crippen molar-refractivity contribution in [1.82, 2.24) is 15.3 Å². The van der Waals surface area contributed by atoms with Gasteiger partial charge >= 0.3 is 5.97 Å². The lowest BCUT2D eigenvalue weighted by Crippen LogP contribution is -2.44. The number of esters is 1. The zero-order valence-corrected chi connectivity index (χ0v) is 10.1. The second-order valence-electron chi connectivity index (χ2n) is 4.71. The van der Waals surface area contributed by atoms with Gasteiger partial charge in [-0.25, -0.2) is 4.98 Å². The number of rotatable bonds is 2. The van der Waals surface area contributed by atoms with E-state index >= 15 is 0 Å². The van der Waals surface area contributed by atoms with Gasteiger partial charge in [-0.15, -0.1) is 0 Å². The molecule has 1 fully saturated rings. The summed E-state index contributed by atoms with van der Waals surface area (Å²) in [4.78, 5) is 19.3. The number of H-pyrrole nitrogens is 1. The van der Waals surface area contributed by atoms with Crippen LogP contribution in [-0.4, -0.2) is 41.3 Å². The number of carbonyl (C=O) groups is 1. The summed E-state index contributed by atoms with van der Waals surface area (Å²) in [6, 6.07) is -0.274. The number of hydrogen-bond donors (Lipinski definition) is 2. The monoisotopic (exact) mass is 251 g/mol. The van der Waals surface area contributed by atoms with E-state index in [0.717, 1.165) is 24.2 Å². The van der Waals surface area contributed by atoms with Crippen LogP contribution < -0.4 is 5.32 Å². The Morgan fingerprint density at radius 1 is 1.44 bits per heavy atom. The van der Waals surface area contributed by atoms with Crippen LogP contribution in [0.5, 0.6) is 0 Å². The first kappa shape index (κ1) is 11.7. The maximum absolute atomic E-state index is 12.0. The van der Waals surface area contributed by atoms with Crippen LogP contribution >= 0.6 is 0 Å². The molecule has 0 bridgehead atoms. The Labute approximate surface area is 105 Å². The van der Waals surface area contributed by atoms with E-state index in [2.05, 4.69) is 15.3 Å². The second-order valence-corrected chi connectivity index (χ2v) is 4.71. The van der Waals surface area contributed by atoms with Gasteiger partial charge in [-0.2, -0.15) is 0 Å². The van der Waals surface area contributed by atoms with E-state index in [1.807, 2.05) is 0 Å². The third-order valence-electron chi connectivity index (χ3n) is 3.47. The smallest absolute Gasteiger partial charge is 0.323 e. The van der Waals surface area contributed by atoms with Gasteiger partial charge in [0.1, 0.15) is 12.1 Å². The van der Waals surface area contributed by atoms with Crippen LogP contribution in [0.25, 0.3) is 0 Å². The van der Waals surface area contributed by atoms with E-state index in [9.17, 15) is 4.79 Å². The highest BCUT2D eigenvalue weighted by molar-refractivity contribution is 5.76. The Hall–Kier alpha value is -1.40.